The van der Waals surface area contributed by atoms with Gasteiger partial charge in [0.25, 0.3) is 5.91 Å². The molecule has 1 aliphatic carbocycles. The maximum atomic E-state index is 12.5. The summed E-state index contributed by atoms with van der Waals surface area (Å²) in [4.78, 5) is 34.4. The van der Waals surface area contributed by atoms with Crippen molar-refractivity contribution in [1.82, 2.24) is 4.90 Å². The lowest BCUT2D eigenvalue weighted by Gasteiger charge is -2.30. The minimum absolute atomic E-state index is 0.257. The van der Waals surface area contributed by atoms with Crippen molar-refractivity contribution >= 4 is 23.5 Å². The Hall–Kier alpha value is -2.82. The van der Waals surface area contributed by atoms with Gasteiger partial charge < -0.3 is 0 Å². The first-order valence-electron chi connectivity index (χ1n) is 7.54. The van der Waals surface area contributed by atoms with Crippen LogP contribution in [0.2, 0.25) is 0 Å². The van der Waals surface area contributed by atoms with Crippen molar-refractivity contribution in [2.75, 3.05) is 6.54 Å². The van der Waals surface area contributed by atoms with Crippen LogP contribution in [-0.4, -0.2) is 34.9 Å². The number of rotatable bonds is 2. The van der Waals surface area contributed by atoms with Crippen molar-refractivity contribution in [3.05, 3.63) is 59.7 Å². The summed E-state index contributed by atoms with van der Waals surface area (Å²) in [5, 5.41) is 0. The number of allylic oxidation sites excluding steroid dienone is 3. The molecule has 1 atom stereocenters. The van der Waals surface area contributed by atoms with Gasteiger partial charge in [-0.1, -0.05) is 35.9 Å². The van der Waals surface area contributed by atoms with E-state index in [0.29, 0.717) is 23.7 Å². The predicted octanol–water partition coefficient (Wildman–Crippen LogP) is 3.17. The molecule has 1 aromatic rings. The summed E-state index contributed by atoms with van der Waals surface area (Å²) in [5.41, 5.74) is 2.20. The third-order valence-electron chi connectivity index (χ3n) is 3.84. The number of amidine groups is 1. The molecule has 0 N–H and O–H groups in total. The van der Waals surface area contributed by atoms with Gasteiger partial charge in [0.2, 0.25) is 0 Å². The summed E-state index contributed by atoms with van der Waals surface area (Å²) in [6.07, 6.45) is 7.37. The number of fused-ring (bicyclic) bond motifs is 1. The fourth-order valence-electron chi connectivity index (χ4n) is 2.59. The highest BCUT2D eigenvalue weighted by molar-refractivity contribution is 6.25. The SMILES string of the molecule is CCN1C(=O)N=C2C=CC=CC2C1=NC(=O)c1ccc(C)cc1. The number of amides is 3. The number of hydrogen-bond acceptors (Lipinski definition) is 2. The maximum Gasteiger partial charge on any atom is 0.349 e. The molecular formula is C18H17N3O2. The second-order valence-corrected chi connectivity index (χ2v) is 5.43. The van der Waals surface area contributed by atoms with Gasteiger partial charge in [-0.15, -0.1) is 0 Å². The Morgan fingerprint density at radius 1 is 1.26 bits per heavy atom. The molecule has 2 aliphatic rings. The van der Waals surface area contributed by atoms with Crippen LogP contribution in [0, 0.1) is 12.8 Å². The summed E-state index contributed by atoms with van der Waals surface area (Å²) < 4.78 is 0. The van der Waals surface area contributed by atoms with E-state index in [9.17, 15) is 9.59 Å². The monoisotopic (exact) mass is 307 g/mol. The summed E-state index contributed by atoms with van der Waals surface area (Å²) in [5.74, 6) is -0.170. The molecule has 3 amide bonds. The van der Waals surface area contributed by atoms with Crippen molar-refractivity contribution in [3.63, 3.8) is 0 Å². The van der Waals surface area contributed by atoms with Crippen LogP contribution < -0.4 is 0 Å². The number of aryl methyl sites for hydroxylation is 1. The smallest absolute Gasteiger partial charge is 0.279 e. The van der Waals surface area contributed by atoms with E-state index < -0.39 is 0 Å². The molecule has 0 saturated carbocycles. The topological polar surface area (TPSA) is 62.1 Å². The average molecular weight is 307 g/mol. The van der Waals surface area contributed by atoms with Crippen molar-refractivity contribution in [1.29, 1.82) is 0 Å². The van der Waals surface area contributed by atoms with Crippen LogP contribution in [0.5, 0.6) is 0 Å². The van der Waals surface area contributed by atoms with Crippen LogP contribution >= 0.6 is 0 Å². The molecule has 1 aromatic carbocycles. The number of nitrogens with zero attached hydrogens (tertiary/aromatic N) is 3. The molecule has 0 bridgehead atoms. The standard InChI is InChI=1S/C18H17N3O2/c1-3-21-16(14-6-4-5-7-15(14)19-18(21)23)20-17(22)13-10-8-12(2)9-11-13/h4-11,14H,3H2,1-2H3. The molecule has 116 valence electrons. The lowest BCUT2D eigenvalue weighted by molar-refractivity contribution is 0.100. The maximum absolute atomic E-state index is 12.5. The first-order valence-corrected chi connectivity index (χ1v) is 7.54. The third kappa shape index (κ3) is 2.90. The molecule has 0 radical (unpaired) electrons. The van der Waals surface area contributed by atoms with E-state index in [4.69, 9.17) is 0 Å². The quantitative estimate of drug-likeness (QED) is 0.842. The Bertz CT molecular complexity index is 770. The largest absolute Gasteiger partial charge is 0.349 e. The van der Waals surface area contributed by atoms with E-state index >= 15 is 0 Å². The fourth-order valence-corrected chi connectivity index (χ4v) is 2.59. The van der Waals surface area contributed by atoms with E-state index in [2.05, 4.69) is 9.98 Å². The average Bonchev–Trinajstić information content (AvgIpc) is 2.55. The number of urea groups is 1. The number of carbonyl (C=O) groups excluding carboxylic acids is 2. The summed E-state index contributed by atoms with van der Waals surface area (Å²) >= 11 is 0. The Balaban J connectivity index is 2.00. The second-order valence-electron chi connectivity index (χ2n) is 5.43. The molecule has 5 nitrogen and oxygen atoms in total. The Morgan fingerprint density at radius 3 is 2.70 bits per heavy atom. The first kappa shape index (κ1) is 15.1. The Kier molecular flexibility index (Phi) is 4.02. The molecule has 23 heavy (non-hydrogen) atoms. The Morgan fingerprint density at radius 2 is 2.00 bits per heavy atom. The van der Waals surface area contributed by atoms with E-state index in [1.54, 1.807) is 18.2 Å². The summed E-state index contributed by atoms with van der Waals surface area (Å²) in [7, 11) is 0. The van der Waals surface area contributed by atoms with Gasteiger partial charge in [0, 0.05) is 12.1 Å². The molecule has 1 aliphatic heterocycles. The van der Waals surface area contributed by atoms with Crippen LogP contribution in [0.1, 0.15) is 22.8 Å². The molecule has 0 fully saturated rings. The molecule has 0 aromatic heterocycles. The van der Waals surface area contributed by atoms with E-state index in [-0.39, 0.29) is 17.9 Å². The Labute approximate surface area is 134 Å². The lowest BCUT2D eigenvalue weighted by Crippen LogP contribution is -2.46. The zero-order chi connectivity index (χ0) is 16.4. The molecule has 1 heterocycles. The zero-order valence-corrected chi connectivity index (χ0v) is 13.1. The van der Waals surface area contributed by atoms with Gasteiger partial charge in [-0.2, -0.15) is 9.98 Å². The van der Waals surface area contributed by atoms with Crippen LogP contribution in [0.3, 0.4) is 0 Å². The first-order chi connectivity index (χ1) is 11.1. The van der Waals surface area contributed by atoms with Crippen molar-refractivity contribution in [3.8, 4) is 0 Å². The highest BCUT2D eigenvalue weighted by atomic mass is 16.2. The molecule has 0 spiro atoms. The molecular weight excluding hydrogens is 290 g/mol. The normalized spacial score (nSPS) is 21.4. The van der Waals surface area contributed by atoms with Crippen LogP contribution in [0.4, 0.5) is 4.79 Å². The minimum Gasteiger partial charge on any atom is -0.279 e. The molecule has 5 heteroatoms. The van der Waals surface area contributed by atoms with Crippen LogP contribution in [0.25, 0.3) is 0 Å². The molecule has 1 unspecified atom stereocenters. The number of aliphatic imine (C=N–C) groups is 2. The van der Waals surface area contributed by atoms with E-state index in [0.717, 1.165) is 5.56 Å². The van der Waals surface area contributed by atoms with Gasteiger partial charge in [-0.05, 0) is 32.1 Å². The van der Waals surface area contributed by atoms with E-state index in [1.165, 1.54) is 4.90 Å². The zero-order valence-electron chi connectivity index (χ0n) is 13.1. The summed E-state index contributed by atoms with van der Waals surface area (Å²) in [6.45, 7) is 4.22. The van der Waals surface area contributed by atoms with Crippen molar-refractivity contribution in [2.24, 2.45) is 15.9 Å². The highest BCUT2D eigenvalue weighted by Gasteiger charge is 2.33. The van der Waals surface area contributed by atoms with Crippen LogP contribution in [-0.2, 0) is 0 Å². The fraction of sp³-hybridized carbons (Fsp3) is 0.222. The van der Waals surface area contributed by atoms with Gasteiger partial charge in [0.15, 0.2) is 0 Å². The number of hydrogen-bond donors (Lipinski definition) is 0. The van der Waals surface area contributed by atoms with Crippen molar-refractivity contribution < 1.29 is 9.59 Å². The molecule has 3 rings (SSSR count). The number of carbonyl (C=O) groups is 2. The van der Waals surface area contributed by atoms with Crippen LogP contribution in [0.15, 0.2) is 58.6 Å². The third-order valence-corrected chi connectivity index (χ3v) is 3.84. The second kappa shape index (κ2) is 6.12. The van der Waals surface area contributed by atoms with Gasteiger partial charge in [0.05, 0.1) is 11.6 Å². The predicted molar refractivity (Wildman–Crippen MR) is 89.9 cm³/mol. The van der Waals surface area contributed by atoms with Gasteiger partial charge in [-0.25, -0.2) is 4.79 Å². The van der Waals surface area contributed by atoms with E-state index in [1.807, 2.05) is 44.2 Å². The minimum atomic E-state index is -0.380. The highest BCUT2D eigenvalue weighted by Crippen LogP contribution is 2.21. The van der Waals surface area contributed by atoms with Crippen molar-refractivity contribution in [2.45, 2.75) is 13.8 Å². The lowest BCUT2D eigenvalue weighted by atomic mass is 9.94. The van der Waals surface area contributed by atoms with Gasteiger partial charge in [0.1, 0.15) is 5.84 Å². The molecule has 0 saturated heterocycles. The number of benzene rings is 1. The summed E-state index contributed by atoms with van der Waals surface area (Å²) in [6, 6.07) is 6.84. The van der Waals surface area contributed by atoms with Gasteiger partial charge >= 0.3 is 6.03 Å². The van der Waals surface area contributed by atoms with Gasteiger partial charge in [-0.3, -0.25) is 9.69 Å².